The molecule has 0 aromatic heterocycles. The van der Waals surface area contributed by atoms with E-state index >= 15 is 0 Å². The average molecular weight is 353 g/mol. The van der Waals surface area contributed by atoms with E-state index in [0.717, 1.165) is 22.5 Å². The fourth-order valence-electron chi connectivity index (χ4n) is 1.95. The van der Waals surface area contributed by atoms with E-state index in [1.807, 2.05) is 30.3 Å². The highest BCUT2D eigenvalue weighted by Gasteiger charge is 2.19. The van der Waals surface area contributed by atoms with Gasteiger partial charge in [-0.05, 0) is 64.7 Å². The summed E-state index contributed by atoms with van der Waals surface area (Å²) in [5.41, 5.74) is 1.24. The van der Waals surface area contributed by atoms with Crippen molar-refractivity contribution in [2.75, 3.05) is 0 Å². The summed E-state index contributed by atoms with van der Waals surface area (Å²) in [5, 5.41) is 4.19. The van der Waals surface area contributed by atoms with Gasteiger partial charge in [0.15, 0.2) is 0 Å². The Balaban J connectivity index is 1.70. The second-order valence-corrected chi connectivity index (χ2v) is 6.27. The first-order valence-corrected chi connectivity index (χ1v) is 7.83. The molecule has 104 valence electrons. The molecule has 1 aliphatic rings. The van der Waals surface area contributed by atoms with Crippen LogP contribution in [0.1, 0.15) is 18.4 Å². The van der Waals surface area contributed by atoms with Gasteiger partial charge in [0.05, 0.1) is 4.47 Å². The van der Waals surface area contributed by atoms with Crippen molar-refractivity contribution < 1.29 is 4.74 Å². The van der Waals surface area contributed by atoms with Crippen LogP contribution in [-0.2, 0) is 6.54 Å². The highest BCUT2D eigenvalue weighted by Crippen LogP contribution is 2.32. The summed E-state index contributed by atoms with van der Waals surface area (Å²) in [6.07, 6.45) is 2.60. The van der Waals surface area contributed by atoms with Crippen molar-refractivity contribution >= 4 is 27.5 Å². The van der Waals surface area contributed by atoms with Crippen LogP contribution >= 0.6 is 27.5 Å². The average Bonchev–Trinajstić information content (AvgIpc) is 3.24. The highest BCUT2D eigenvalue weighted by molar-refractivity contribution is 9.10. The maximum Gasteiger partial charge on any atom is 0.141 e. The number of hydrogen-bond donors (Lipinski definition) is 1. The predicted octanol–water partition coefficient (Wildman–Crippen LogP) is 5.15. The molecule has 1 fully saturated rings. The molecule has 0 heterocycles. The molecule has 0 bridgehead atoms. The van der Waals surface area contributed by atoms with Crippen LogP contribution in [0.25, 0.3) is 0 Å². The number of rotatable bonds is 5. The summed E-state index contributed by atoms with van der Waals surface area (Å²) < 4.78 is 6.75. The van der Waals surface area contributed by atoms with Gasteiger partial charge < -0.3 is 10.1 Å². The molecule has 0 atom stereocenters. The Kier molecular flexibility index (Phi) is 4.29. The van der Waals surface area contributed by atoms with Crippen LogP contribution < -0.4 is 10.1 Å². The molecule has 1 aliphatic carbocycles. The second-order valence-electron chi connectivity index (χ2n) is 4.98. The van der Waals surface area contributed by atoms with Crippen LogP contribution in [0, 0.1) is 0 Å². The van der Waals surface area contributed by atoms with Crippen molar-refractivity contribution in [1.82, 2.24) is 5.32 Å². The van der Waals surface area contributed by atoms with Gasteiger partial charge in [0.25, 0.3) is 0 Å². The van der Waals surface area contributed by atoms with Gasteiger partial charge in [-0.3, -0.25) is 0 Å². The molecule has 0 saturated heterocycles. The Morgan fingerprint density at radius 2 is 2.05 bits per heavy atom. The van der Waals surface area contributed by atoms with E-state index in [-0.39, 0.29) is 0 Å². The Bertz CT molecular complexity index is 613. The minimum atomic E-state index is 0.687. The van der Waals surface area contributed by atoms with Crippen molar-refractivity contribution in [3.8, 4) is 11.5 Å². The van der Waals surface area contributed by atoms with Gasteiger partial charge in [0.2, 0.25) is 0 Å². The van der Waals surface area contributed by atoms with Crippen LogP contribution in [0.4, 0.5) is 0 Å². The summed E-state index contributed by atoms with van der Waals surface area (Å²) in [6, 6.07) is 14.4. The van der Waals surface area contributed by atoms with E-state index in [2.05, 4.69) is 33.4 Å². The van der Waals surface area contributed by atoms with Gasteiger partial charge in [-0.1, -0.05) is 23.7 Å². The lowest BCUT2D eigenvalue weighted by Gasteiger charge is -2.10. The van der Waals surface area contributed by atoms with Crippen LogP contribution in [-0.4, -0.2) is 6.04 Å². The first kappa shape index (κ1) is 13.9. The topological polar surface area (TPSA) is 21.3 Å². The molecule has 0 unspecified atom stereocenters. The lowest BCUT2D eigenvalue weighted by atomic mass is 10.2. The molecule has 0 amide bonds. The van der Waals surface area contributed by atoms with Crippen LogP contribution in [0.5, 0.6) is 11.5 Å². The van der Waals surface area contributed by atoms with E-state index in [0.29, 0.717) is 11.1 Å². The van der Waals surface area contributed by atoms with E-state index in [4.69, 9.17) is 16.3 Å². The molecule has 0 aliphatic heterocycles. The zero-order valence-corrected chi connectivity index (χ0v) is 13.2. The largest absolute Gasteiger partial charge is 0.456 e. The third kappa shape index (κ3) is 3.75. The van der Waals surface area contributed by atoms with Crippen molar-refractivity contribution in [2.45, 2.75) is 25.4 Å². The molecule has 1 N–H and O–H groups in total. The van der Waals surface area contributed by atoms with Gasteiger partial charge in [-0.15, -0.1) is 0 Å². The molecule has 0 spiro atoms. The summed E-state index contributed by atoms with van der Waals surface area (Å²) in [5.74, 6) is 1.60. The molecule has 2 aromatic rings. The van der Waals surface area contributed by atoms with Crippen molar-refractivity contribution in [3.05, 3.63) is 57.5 Å². The summed E-state index contributed by atoms with van der Waals surface area (Å²) in [4.78, 5) is 0. The summed E-state index contributed by atoms with van der Waals surface area (Å²) in [7, 11) is 0. The Morgan fingerprint density at radius 1 is 1.20 bits per heavy atom. The monoisotopic (exact) mass is 351 g/mol. The Labute approximate surface area is 132 Å². The zero-order valence-electron chi connectivity index (χ0n) is 10.9. The first-order chi connectivity index (χ1) is 9.70. The quantitative estimate of drug-likeness (QED) is 0.804. The van der Waals surface area contributed by atoms with Crippen molar-refractivity contribution in [1.29, 1.82) is 0 Å². The Morgan fingerprint density at radius 3 is 2.80 bits per heavy atom. The van der Waals surface area contributed by atoms with Gasteiger partial charge in [-0.25, -0.2) is 0 Å². The van der Waals surface area contributed by atoms with Gasteiger partial charge >= 0.3 is 0 Å². The lowest BCUT2D eigenvalue weighted by Crippen LogP contribution is -2.15. The van der Waals surface area contributed by atoms with Gasteiger partial charge in [-0.2, -0.15) is 0 Å². The Hall–Kier alpha value is -1.03. The minimum Gasteiger partial charge on any atom is -0.456 e. The fraction of sp³-hybridized carbons (Fsp3) is 0.250. The smallest absolute Gasteiger partial charge is 0.141 e. The minimum absolute atomic E-state index is 0.687. The number of benzene rings is 2. The second kappa shape index (κ2) is 6.17. The van der Waals surface area contributed by atoms with Crippen molar-refractivity contribution in [2.24, 2.45) is 0 Å². The van der Waals surface area contributed by atoms with E-state index in [1.165, 1.54) is 18.4 Å². The maximum absolute atomic E-state index is 5.93. The normalized spacial score (nSPS) is 14.3. The van der Waals surface area contributed by atoms with Crippen LogP contribution in [0.2, 0.25) is 5.02 Å². The third-order valence-corrected chi connectivity index (χ3v) is 4.05. The molecule has 0 radical (unpaired) electrons. The molecule has 1 saturated carbocycles. The predicted molar refractivity (Wildman–Crippen MR) is 85.5 cm³/mol. The van der Waals surface area contributed by atoms with E-state index in [9.17, 15) is 0 Å². The summed E-state index contributed by atoms with van der Waals surface area (Å²) >= 11 is 9.39. The standard InChI is InChI=1S/C16H15BrClNO/c17-15-9-12(18)4-7-16(15)20-14-3-1-2-11(8-14)10-19-13-5-6-13/h1-4,7-9,13,19H,5-6,10H2. The number of hydrogen-bond acceptors (Lipinski definition) is 2. The number of ether oxygens (including phenoxy) is 1. The molecule has 3 rings (SSSR count). The SMILES string of the molecule is Clc1ccc(Oc2cccc(CNC3CC3)c2)c(Br)c1. The third-order valence-electron chi connectivity index (χ3n) is 3.19. The molecule has 4 heteroatoms. The van der Waals surface area contributed by atoms with E-state index in [1.54, 1.807) is 0 Å². The fourth-order valence-corrected chi connectivity index (χ4v) is 2.72. The zero-order chi connectivity index (χ0) is 13.9. The molecule has 20 heavy (non-hydrogen) atoms. The van der Waals surface area contributed by atoms with Gasteiger partial charge in [0.1, 0.15) is 11.5 Å². The molecule has 2 nitrogen and oxygen atoms in total. The van der Waals surface area contributed by atoms with Crippen LogP contribution in [0.15, 0.2) is 46.9 Å². The van der Waals surface area contributed by atoms with E-state index < -0.39 is 0 Å². The first-order valence-electron chi connectivity index (χ1n) is 6.66. The molecule has 2 aromatic carbocycles. The van der Waals surface area contributed by atoms with Crippen molar-refractivity contribution in [3.63, 3.8) is 0 Å². The molecular weight excluding hydrogens is 338 g/mol. The number of nitrogens with one attached hydrogen (secondary N) is 1. The maximum atomic E-state index is 5.93. The molecular formula is C16H15BrClNO. The van der Waals surface area contributed by atoms with Crippen LogP contribution in [0.3, 0.4) is 0 Å². The number of halogens is 2. The lowest BCUT2D eigenvalue weighted by molar-refractivity contribution is 0.478. The highest BCUT2D eigenvalue weighted by atomic mass is 79.9. The van der Waals surface area contributed by atoms with Gasteiger partial charge in [0, 0.05) is 17.6 Å². The summed E-state index contributed by atoms with van der Waals surface area (Å²) in [6.45, 7) is 0.893.